The molecule has 0 heterocycles. The first-order valence-corrected chi connectivity index (χ1v) is 11.0. The number of nitrogens with zero attached hydrogens (tertiary/aromatic N) is 1. The minimum Gasteiger partial charge on any atom is -0.395 e. The third kappa shape index (κ3) is 4.41. The largest absolute Gasteiger partial charge is 0.395 e. The molecule has 4 rings (SSSR count). The highest BCUT2D eigenvalue weighted by Gasteiger charge is 2.36. The minimum absolute atomic E-state index is 0.0218. The van der Waals surface area contributed by atoms with Gasteiger partial charge in [-0.25, -0.2) is 0 Å². The van der Waals surface area contributed by atoms with Crippen molar-refractivity contribution in [2.75, 3.05) is 13.2 Å². The number of carbonyl (C=O) groups excluding carboxylic acids is 2. The molecule has 2 N–H and O–H groups in total. The molecule has 158 valence electrons. The Labute approximate surface area is 178 Å². The van der Waals surface area contributed by atoms with Gasteiger partial charge in [-0.3, -0.25) is 9.59 Å². The lowest BCUT2D eigenvalue weighted by Gasteiger charge is -2.29. The molecule has 2 aliphatic rings. The molecule has 5 nitrogen and oxygen atoms in total. The average Bonchev–Trinajstić information content (AvgIpc) is 3.39. The van der Waals surface area contributed by atoms with Crippen LogP contribution in [0.1, 0.15) is 48.4 Å². The molecule has 1 fully saturated rings. The summed E-state index contributed by atoms with van der Waals surface area (Å²) in [6, 6.07) is 18.2. The second kappa shape index (κ2) is 9.43. The molecule has 30 heavy (non-hydrogen) atoms. The van der Waals surface area contributed by atoms with E-state index in [1.165, 1.54) is 11.1 Å². The Hall–Kier alpha value is -2.66. The summed E-state index contributed by atoms with van der Waals surface area (Å²) in [5, 5.41) is 12.6. The predicted molar refractivity (Wildman–Crippen MR) is 116 cm³/mol. The molecule has 2 aromatic carbocycles. The number of fused-ring (bicyclic) bond motifs is 1. The highest BCUT2D eigenvalue weighted by Crippen LogP contribution is 2.35. The number of aryl methyl sites for hydroxylation is 1. The SMILES string of the molecule is O=C(NC1CCCC1Cc1ccccc1)C(=O)N(CCO)C1CCc2ccccc21. The van der Waals surface area contributed by atoms with E-state index in [2.05, 4.69) is 23.5 Å². The van der Waals surface area contributed by atoms with Crippen LogP contribution in [0.25, 0.3) is 0 Å². The van der Waals surface area contributed by atoms with Gasteiger partial charge in [-0.2, -0.15) is 0 Å². The second-order valence-corrected chi connectivity index (χ2v) is 8.44. The summed E-state index contributed by atoms with van der Waals surface area (Å²) in [6.07, 6.45) is 5.62. The molecule has 2 aromatic rings. The Morgan fingerprint density at radius 3 is 2.57 bits per heavy atom. The Morgan fingerprint density at radius 1 is 1.00 bits per heavy atom. The van der Waals surface area contributed by atoms with E-state index in [4.69, 9.17) is 0 Å². The molecular weight excluding hydrogens is 376 g/mol. The van der Waals surface area contributed by atoms with Gasteiger partial charge in [-0.1, -0.05) is 61.0 Å². The standard InChI is InChI=1S/C25H30N2O3/c28-16-15-27(23-14-13-19-9-4-5-11-21(19)23)25(30)24(29)26-22-12-6-10-20(22)17-18-7-2-1-3-8-18/h1-5,7-9,11,20,22-23,28H,6,10,12-17H2,(H,26,29). The highest BCUT2D eigenvalue weighted by atomic mass is 16.3. The molecule has 5 heteroatoms. The van der Waals surface area contributed by atoms with Crippen molar-refractivity contribution in [3.05, 3.63) is 71.3 Å². The lowest BCUT2D eigenvalue weighted by molar-refractivity contribution is -0.148. The van der Waals surface area contributed by atoms with Gasteiger partial charge in [-0.05, 0) is 54.7 Å². The van der Waals surface area contributed by atoms with Crippen LogP contribution in [0.4, 0.5) is 0 Å². The molecule has 1 saturated carbocycles. The number of rotatable bonds is 6. The molecule has 0 saturated heterocycles. The van der Waals surface area contributed by atoms with Gasteiger partial charge in [0.2, 0.25) is 0 Å². The molecule has 0 aromatic heterocycles. The zero-order chi connectivity index (χ0) is 20.9. The molecule has 0 radical (unpaired) electrons. The van der Waals surface area contributed by atoms with Crippen LogP contribution >= 0.6 is 0 Å². The molecule has 2 amide bonds. The fraction of sp³-hybridized carbons (Fsp3) is 0.440. The van der Waals surface area contributed by atoms with Crippen molar-refractivity contribution in [3.8, 4) is 0 Å². The van der Waals surface area contributed by atoms with Gasteiger partial charge in [0.15, 0.2) is 0 Å². The van der Waals surface area contributed by atoms with E-state index < -0.39 is 11.8 Å². The lowest BCUT2D eigenvalue weighted by Crippen LogP contribution is -2.49. The second-order valence-electron chi connectivity index (χ2n) is 8.44. The van der Waals surface area contributed by atoms with Crippen LogP contribution in [0.3, 0.4) is 0 Å². The number of aliphatic hydroxyl groups excluding tert-OH is 1. The number of hydrogen-bond acceptors (Lipinski definition) is 3. The molecule has 3 atom stereocenters. The van der Waals surface area contributed by atoms with Crippen LogP contribution < -0.4 is 5.32 Å². The summed E-state index contributed by atoms with van der Waals surface area (Å²) in [6.45, 7) is 0.0150. The van der Waals surface area contributed by atoms with E-state index >= 15 is 0 Å². The summed E-state index contributed by atoms with van der Waals surface area (Å²) in [5.41, 5.74) is 3.58. The Kier molecular flexibility index (Phi) is 6.48. The van der Waals surface area contributed by atoms with Gasteiger partial charge in [0, 0.05) is 12.6 Å². The van der Waals surface area contributed by atoms with Crippen molar-refractivity contribution in [2.45, 2.75) is 50.6 Å². The maximum atomic E-state index is 13.1. The number of carbonyl (C=O) groups is 2. The molecule has 2 aliphatic carbocycles. The zero-order valence-electron chi connectivity index (χ0n) is 17.3. The minimum atomic E-state index is -0.544. The molecule has 3 unspecified atom stereocenters. The fourth-order valence-electron chi connectivity index (χ4n) is 5.11. The van der Waals surface area contributed by atoms with Crippen LogP contribution in [0, 0.1) is 5.92 Å². The van der Waals surface area contributed by atoms with Crippen molar-refractivity contribution >= 4 is 11.8 Å². The van der Waals surface area contributed by atoms with Crippen molar-refractivity contribution in [3.63, 3.8) is 0 Å². The van der Waals surface area contributed by atoms with Crippen molar-refractivity contribution < 1.29 is 14.7 Å². The van der Waals surface area contributed by atoms with Crippen molar-refractivity contribution in [2.24, 2.45) is 5.92 Å². The van der Waals surface area contributed by atoms with Crippen molar-refractivity contribution in [1.29, 1.82) is 0 Å². The van der Waals surface area contributed by atoms with Crippen LogP contribution in [-0.4, -0.2) is 41.0 Å². The smallest absolute Gasteiger partial charge is 0.312 e. The quantitative estimate of drug-likeness (QED) is 0.725. The topological polar surface area (TPSA) is 69.6 Å². The third-order valence-corrected chi connectivity index (χ3v) is 6.59. The van der Waals surface area contributed by atoms with Crippen LogP contribution in [-0.2, 0) is 22.4 Å². The van der Waals surface area contributed by atoms with Crippen molar-refractivity contribution in [1.82, 2.24) is 10.2 Å². The predicted octanol–water partition coefficient (Wildman–Crippen LogP) is 3.02. The van der Waals surface area contributed by atoms with E-state index in [0.717, 1.165) is 44.1 Å². The van der Waals surface area contributed by atoms with Gasteiger partial charge in [0.25, 0.3) is 0 Å². The van der Waals surface area contributed by atoms with E-state index in [-0.39, 0.29) is 25.2 Å². The van der Waals surface area contributed by atoms with Gasteiger partial charge >= 0.3 is 11.8 Å². The maximum absolute atomic E-state index is 13.1. The number of hydrogen-bond donors (Lipinski definition) is 2. The van der Waals surface area contributed by atoms with Crippen LogP contribution in [0.5, 0.6) is 0 Å². The highest BCUT2D eigenvalue weighted by molar-refractivity contribution is 6.35. The summed E-state index contributed by atoms with van der Waals surface area (Å²) in [4.78, 5) is 27.5. The summed E-state index contributed by atoms with van der Waals surface area (Å²) >= 11 is 0. The molecule has 0 aliphatic heterocycles. The number of amides is 2. The number of benzene rings is 2. The fourth-order valence-corrected chi connectivity index (χ4v) is 5.11. The van der Waals surface area contributed by atoms with E-state index in [0.29, 0.717) is 5.92 Å². The van der Waals surface area contributed by atoms with Gasteiger partial charge in [-0.15, -0.1) is 0 Å². The summed E-state index contributed by atoms with van der Waals surface area (Å²) in [7, 11) is 0. The van der Waals surface area contributed by atoms with Crippen LogP contribution in [0.15, 0.2) is 54.6 Å². The summed E-state index contributed by atoms with van der Waals surface area (Å²) < 4.78 is 0. The van der Waals surface area contributed by atoms with E-state index in [1.54, 1.807) is 4.90 Å². The molecule has 0 spiro atoms. The van der Waals surface area contributed by atoms with Gasteiger partial charge < -0.3 is 15.3 Å². The third-order valence-electron chi connectivity index (χ3n) is 6.59. The average molecular weight is 407 g/mol. The van der Waals surface area contributed by atoms with E-state index in [1.807, 2.05) is 36.4 Å². The monoisotopic (exact) mass is 406 g/mol. The first-order valence-electron chi connectivity index (χ1n) is 11.0. The first kappa shape index (κ1) is 20.6. The lowest BCUT2D eigenvalue weighted by atomic mass is 9.94. The molecular formula is C25H30N2O3. The number of aliphatic hydroxyl groups is 1. The maximum Gasteiger partial charge on any atom is 0.312 e. The Bertz CT molecular complexity index is 883. The van der Waals surface area contributed by atoms with E-state index in [9.17, 15) is 14.7 Å². The number of nitrogens with one attached hydrogen (secondary N) is 1. The zero-order valence-corrected chi connectivity index (χ0v) is 17.3. The molecule has 0 bridgehead atoms. The van der Waals surface area contributed by atoms with Crippen LogP contribution in [0.2, 0.25) is 0 Å². The van der Waals surface area contributed by atoms with Gasteiger partial charge in [0.1, 0.15) is 0 Å². The normalized spacial score (nSPS) is 22.5. The van der Waals surface area contributed by atoms with Gasteiger partial charge in [0.05, 0.1) is 12.6 Å². The Morgan fingerprint density at radius 2 is 1.77 bits per heavy atom. The Balaban J connectivity index is 1.43. The first-order chi connectivity index (χ1) is 14.7. The summed E-state index contributed by atoms with van der Waals surface area (Å²) in [5.74, 6) is -0.725.